The molecule has 0 bridgehead atoms. The molecule has 180 valence electrons. The molecule has 1 aromatic heterocycles. The summed E-state index contributed by atoms with van der Waals surface area (Å²) in [6.45, 7) is 2.22. The first-order valence-electron chi connectivity index (χ1n) is 10.8. The number of hydrogen-bond acceptors (Lipinski definition) is 6. The molecule has 4 rings (SSSR count). The van der Waals surface area contributed by atoms with Crippen molar-refractivity contribution >= 4 is 23.2 Å². The summed E-state index contributed by atoms with van der Waals surface area (Å²) in [7, 11) is 3.16. The average molecular weight is 512 g/mol. The van der Waals surface area contributed by atoms with Crippen LogP contribution in [-0.2, 0) is 13.0 Å². The smallest absolute Gasteiger partial charge is 0.258 e. The number of halogens is 2. The molecular weight excluding hydrogens is 489 g/mol. The summed E-state index contributed by atoms with van der Waals surface area (Å²) >= 11 is 12.6. The molecule has 2 aromatic carbocycles. The third-order valence-electron chi connectivity index (χ3n) is 6.04. The Morgan fingerprint density at radius 2 is 1.86 bits per heavy atom. The molecular formula is C26H23Cl2N3O4. The van der Waals surface area contributed by atoms with Gasteiger partial charge in [0, 0.05) is 28.4 Å². The summed E-state index contributed by atoms with van der Waals surface area (Å²) in [6, 6.07) is 14.4. The quantitative estimate of drug-likeness (QED) is 0.502. The van der Waals surface area contributed by atoms with Gasteiger partial charge in [-0.05, 0) is 48.7 Å². The Morgan fingerprint density at radius 1 is 1.11 bits per heavy atom. The van der Waals surface area contributed by atoms with Crippen molar-refractivity contribution in [1.82, 2.24) is 4.57 Å². The monoisotopic (exact) mass is 511 g/mol. The maximum atomic E-state index is 13.8. The Kier molecular flexibility index (Phi) is 6.97. The summed E-state index contributed by atoms with van der Waals surface area (Å²) in [5, 5.41) is 10.6. The fourth-order valence-corrected chi connectivity index (χ4v) is 4.81. The number of nitriles is 1. The van der Waals surface area contributed by atoms with Crippen molar-refractivity contribution in [2.45, 2.75) is 25.8 Å². The number of aryl methyl sites for hydroxylation is 2. The van der Waals surface area contributed by atoms with E-state index in [0.29, 0.717) is 57.1 Å². The van der Waals surface area contributed by atoms with E-state index in [0.717, 1.165) is 5.56 Å². The number of benzene rings is 2. The van der Waals surface area contributed by atoms with E-state index >= 15 is 0 Å². The molecule has 0 saturated heterocycles. The van der Waals surface area contributed by atoms with Gasteiger partial charge in [0.05, 0.1) is 25.7 Å². The highest BCUT2D eigenvalue weighted by molar-refractivity contribution is 6.35. The molecule has 7 nitrogen and oxygen atoms in total. The number of methoxy groups -OCH3 is 2. The number of ether oxygens (including phenoxy) is 3. The first-order valence-corrected chi connectivity index (χ1v) is 11.5. The predicted molar refractivity (Wildman–Crippen MR) is 134 cm³/mol. The van der Waals surface area contributed by atoms with E-state index in [1.807, 2.05) is 25.1 Å². The number of nitrogens with two attached hydrogens (primary N) is 1. The zero-order valence-electron chi connectivity index (χ0n) is 19.4. The molecule has 3 aromatic rings. The van der Waals surface area contributed by atoms with Crippen molar-refractivity contribution in [2.75, 3.05) is 14.2 Å². The van der Waals surface area contributed by atoms with Crippen LogP contribution in [0, 0.1) is 18.3 Å². The Labute approximate surface area is 212 Å². The van der Waals surface area contributed by atoms with E-state index in [2.05, 4.69) is 6.07 Å². The van der Waals surface area contributed by atoms with Gasteiger partial charge < -0.3 is 24.5 Å². The molecule has 0 saturated carbocycles. The van der Waals surface area contributed by atoms with Crippen LogP contribution in [0.15, 0.2) is 58.7 Å². The number of rotatable bonds is 6. The first kappa shape index (κ1) is 24.5. The zero-order chi connectivity index (χ0) is 25.3. The van der Waals surface area contributed by atoms with E-state index in [4.69, 9.17) is 43.1 Å². The lowest BCUT2D eigenvalue weighted by Crippen LogP contribution is -2.33. The number of hydrogen-bond donors (Lipinski definition) is 1. The fourth-order valence-electron chi connectivity index (χ4n) is 4.29. The highest BCUT2D eigenvalue weighted by atomic mass is 35.5. The van der Waals surface area contributed by atoms with Gasteiger partial charge in [0.25, 0.3) is 5.56 Å². The maximum Gasteiger partial charge on any atom is 0.258 e. The molecule has 0 aliphatic carbocycles. The molecule has 0 fully saturated rings. The van der Waals surface area contributed by atoms with Gasteiger partial charge in [0.2, 0.25) is 5.88 Å². The summed E-state index contributed by atoms with van der Waals surface area (Å²) < 4.78 is 18.1. The predicted octanol–water partition coefficient (Wildman–Crippen LogP) is 4.94. The number of aromatic nitrogens is 1. The highest BCUT2D eigenvalue weighted by Gasteiger charge is 2.35. The van der Waals surface area contributed by atoms with Crippen molar-refractivity contribution in [3.05, 3.63) is 96.7 Å². The van der Waals surface area contributed by atoms with E-state index in [1.54, 1.807) is 43.1 Å². The van der Waals surface area contributed by atoms with Crippen LogP contribution >= 0.6 is 23.2 Å². The van der Waals surface area contributed by atoms with E-state index < -0.39 is 5.92 Å². The highest BCUT2D eigenvalue weighted by Crippen LogP contribution is 2.43. The van der Waals surface area contributed by atoms with Crippen molar-refractivity contribution in [2.24, 2.45) is 5.73 Å². The molecule has 0 radical (unpaired) electrons. The minimum Gasteiger partial charge on any atom is -0.493 e. The van der Waals surface area contributed by atoms with Crippen molar-refractivity contribution in [1.29, 1.82) is 5.26 Å². The second-order valence-corrected chi connectivity index (χ2v) is 8.89. The van der Waals surface area contributed by atoms with E-state index in [1.165, 1.54) is 0 Å². The van der Waals surface area contributed by atoms with Crippen LogP contribution in [0.1, 0.15) is 28.3 Å². The van der Waals surface area contributed by atoms with Crippen molar-refractivity contribution < 1.29 is 14.2 Å². The minimum absolute atomic E-state index is 0.0575. The molecule has 2 N–H and O–H groups in total. The normalized spacial score (nSPS) is 14.7. The van der Waals surface area contributed by atoms with Crippen LogP contribution in [0.2, 0.25) is 10.0 Å². The lowest BCUT2D eigenvalue weighted by Gasteiger charge is -2.28. The summed E-state index contributed by atoms with van der Waals surface area (Å²) in [5.74, 6) is 0.713. The van der Waals surface area contributed by atoms with Gasteiger partial charge >= 0.3 is 0 Å². The summed E-state index contributed by atoms with van der Waals surface area (Å²) in [5.41, 5.74) is 8.43. The topological polar surface area (TPSA) is 99.5 Å². The van der Waals surface area contributed by atoms with E-state index in [9.17, 15) is 10.1 Å². The second-order valence-electron chi connectivity index (χ2n) is 8.05. The average Bonchev–Trinajstić information content (AvgIpc) is 2.83. The van der Waals surface area contributed by atoms with Crippen LogP contribution in [0.3, 0.4) is 0 Å². The molecule has 1 aliphatic heterocycles. The second kappa shape index (κ2) is 9.95. The van der Waals surface area contributed by atoms with Gasteiger partial charge in [-0.1, -0.05) is 35.3 Å². The molecule has 2 heterocycles. The Bertz CT molecular complexity index is 1440. The summed E-state index contributed by atoms with van der Waals surface area (Å²) in [6.07, 6.45) is 0.566. The zero-order valence-corrected chi connectivity index (χ0v) is 20.9. The molecule has 1 atom stereocenters. The maximum absolute atomic E-state index is 13.8. The fraction of sp³-hybridized carbons (Fsp3) is 0.231. The molecule has 9 heteroatoms. The minimum atomic E-state index is -0.783. The van der Waals surface area contributed by atoms with Crippen LogP contribution < -0.4 is 25.5 Å². The van der Waals surface area contributed by atoms with Gasteiger partial charge in [0.1, 0.15) is 17.4 Å². The van der Waals surface area contributed by atoms with E-state index in [-0.39, 0.29) is 17.0 Å². The van der Waals surface area contributed by atoms with Crippen LogP contribution in [0.4, 0.5) is 0 Å². The van der Waals surface area contributed by atoms with Crippen molar-refractivity contribution in [3.8, 4) is 23.3 Å². The summed E-state index contributed by atoms with van der Waals surface area (Å²) in [4.78, 5) is 13.8. The number of pyridine rings is 1. The van der Waals surface area contributed by atoms with Crippen molar-refractivity contribution in [3.63, 3.8) is 0 Å². The lowest BCUT2D eigenvalue weighted by atomic mass is 9.84. The Hall–Kier alpha value is -3.60. The van der Waals surface area contributed by atoms with Gasteiger partial charge in [-0.2, -0.15) is 5.26 Å². The number of allylic oxidation sites excluding steroid dienone is 1. The van der Waals surface area contributed by atoms with Crippen LogP contribution in [0.25, 0.3) is 0 Å². The SMILES string of the molecule is COc1ccc(CCn2c(C)cc3c(c2=O)[C@H](c2ccc(Cl)cc2Cl)C(C#N)=C(N)O3)cc1OC. The largest absolute Gasteiger partial charge is 0.493 e. The Morgan fingerprint density at radius 3 is 2.51 bits per heavy atom. The third kappa shape index (κ3) is 4.55. The van der Waals surface area contributed by atoms with Gasteiger partial charge in [-0.3, -0.25) is 4.79 Å². The standard InChI is InChI=1S/C26H23Cl2N3O4/c1-14-10-22-24(23(18(13-29)25(30)35-22)17-6-5-16(27)12-19(17)28)26(32)31(14)9-8-15-4-7-20(33-2)21(11-15)34-3/h4-7,10-12,23H,8-9,30H2,1-3H3/t23-/m1/s1. The molecule has 0 amide bonds. The molecule has 1 aliphatic rings. The molecule has 35 heavy (non-hydrogen) atoms. The Balaban J connectivity index is 1.79. The van der Waals surface area contributed by atoms with Crippen LogP contribution in [-0.4, -0.2) is 18.8 Å². The molecule has 0 unspecified atom stereocenters. The van der Waals surface area contributed by atoms with Gasteiger partial charge in [0.15, 0.2) is 11.5 Å². The van der Waals surface area contributed by atoms with Crippen LogP contribution in [0.5, 0.6) is 17.2 Å². The third-order valence-corrected chi connectivity index (χ3v) is 6.60. The first-order chi connectivity index (χ1) is 16.8. The number of nitrogens with zero attached hydrogens (tertiary/aromatic N) is 2. The molecule has 0 spiro atoms. The number of fused-ring (bicyclic) bond motifs is 1. The van der Waals surface area contributed by atoms with Gasteiger partial charge in [-0.25, -0.2) is 0 Å². The lowest BCUT2D eigenvalue weighted by molar-refractivity contribution is 0.354. The van der Waals surface area contributed by atoms with Gasteiger partial charge in [-0.15, -0.1) is 0 Å².